The highest BCUT2D eigenvalue weighted by Crippen LogP contribution is 2.48. The lowest BCUT2D eigenvalue weighted by Crippen LogP contribution is -2.30. The molecule has 1 aliphatic rings. The van der Waals surface area contributed by atoms with Crippen molar-refractivity contribution in [3.8, 4) is 0 Å². The maximum absolute atomic E-state index is 12.7. The minimum Gasteiger partial charge on any atom is -0.324 e. The Balaban J connectivity index is 1.89. The fourth-order valence-corrected chi connectivity index (χ4v) is 3.75. The largest absolute Gasteiger partial charge is 0.324 e. The van der Waals surface area contributed by atoms with Crippen LogP contribution < -0.4 is 5.32 Å². The number of aryl methyl sites for hydroxylation is 1. The molecular weight excluding hydrogens is 481 g/mol. The highest BCUT2D eigenvalue weighted by atomic mass is 127. The second kappa shape index (κ2) is 8.73. The molecule has 0 spiro atoms. The average Bonchev–Trinajstić information content (AvgIpc) is 3.53. The lowest BCUT2D eigenvalue weighted by molar-refractivity contribution is -0.132. The van der Waals surface area contributed by atoms with Gasteiger partial charge in [0, 0.05) is 28.6 Å². The smallest absolute Gasteiger partial charge is 0.279 e. The van der Waals surface area contributed by atoms with Gasteiger partial charge in [-0.15, -0.1) is 5.11 Å². The fourth-order valence-electron chi connectivity index (χ4n) is 2.99. The summed E-state index contributed by atoms with van der Waals surface area (Å²) in [6.45, 7) is 1.98. The molecule has 0 atom stereocenters. The minimum absolute atomic E-state index is 0.410. The van der Waals surface area contributed by atoms with Gasteiger partial charge in [-0.3, -0.25) is 19.6 Å². The highest BCUT2D eigenvalue weighted by Gasteiger charge is 2.57. The van der Waals surface area contributed by atoms with Crippen molar-refractivity contribution in [1.82, 2.24) is 4.98 Å². The molecule has 0 radical (unpaired) electrons. The van der Waals surface area contributed by atoms with E-state index in [1.54, 1.807) is 19.4 Å². The Morgan fingerprint density at radius 1 is 1.34 bits per heavy atom. The molecule has 0 bridgehead atoms. The number of benzene rings is 1. The van der Waals surface area contributed by atoms with Gasteiger partial charge in [0.25, 0.3) is 5.91 Å². The van der Waals surface area contributed by atoms with Crippen LogP contribution in [0.1, 0.15) is 29.5 Å². The summed E-state index contributed by atoms with van der Waals surface area (Å²) < 4.78 is 0.856. The van der Waals surface area contributed by atoms with Crippen LogP contribution in [0.25, 0.3) is 6.08 Å². The van der Waals surface area contributed by atoms with Crippen molar-refractivity contribution in [2.75, 3.05) is 12.4 Å². The Labute approximate surface area is 182 Å². The zero-order valence-electron chi connectivity index (χ0n) is 16.1. The molecule has 1 aromatic heterocycles. The van der Waals surface area contributed by atoms with Crippen molar-refractivity contribution in [2.24, 2.45) is 15.5 Å². The maximum Gasteiger partial charge on any atom is 0.279 e. The molecule has 7 nitrogen and oxygen atoms in total. The van der Waals surface area contributed by atoms with E-state index in [4.69, 9.17) is 5.53 Å². The number of pyridine rings is 1. The summed E-state index contributed by atoms with van der Waals surface area (Å²) in [4.78, 5) is 33.0. The Kier molecular flexibility index (Phi) is 6.31. The Morgan fingerprint density at radius 3 is 2.69 bits per heavy atom. The topological polar surface area (TPSA) is 108 Å². The van der Waals surface area contributed by atoms with Crippen molar-refractivity contribution >= 4 is 51.9 Å². The van der Waals surface area contributed by atoms with Crippen molar-refractivity contribution in [3.63, 3.8) is 0 Å². The van der Waals surface area contributed by atoms with Gasteiger partial charge >= 0.3 is 0 Å². The predicted octanol–water partition coefficient (Wildman–Crippen LogP) is 4.40. The van der Waals surface area contributed by atoms with Gasteiger partial charge in [-0.2, -0.15) is 0 Å². The van der Waals surface area contributed by atoms with Gasteiger partial charge in [0.1, 0.15) is 5.41 Å². The first kappa shape index (κ1) is 21.0. The first-order valence-electron chi connectivity index (χ1n) is 9.00. The standard InChI is InChI=1S/C21H20IN5O2/c1-13-10-16(22)18(26-19(28)21(7-8-21)20(29)27-23)11-15(13)17(24-2)6-5-14-4-3-9-25-12-14/h3-6,9-12,23H,7-8H2,1-2H3,(H,26,28)/b6-5+,24-17?,27-23?. The molecule has 2 aromatic rings. The van der Waals surface area contributed by atoms with Crippen LogP contribution >= 0.6 is 22.6 Å². The van der Waals surface area contributed by atoms with Gasteiger partial charge in [-0.1, -0.05) is 12.1 Å². The highest BCUT2D eigenvalue weighted by molar-refractivity contribution is 14.1. The van der Waals surface area contributed by atoms with E-state index in [0.29, 0.717) is 18.5 Å². The first-order chi connectivity index (χ1) is 13.9. The van der Waals surface area contributed by atoms with Crippen LogP contribution in [-0.2, 0) is 9.59 Å². The zero-order valence-corrected chi connectivity index (χ0v) is 18.2. The normalized spacial score (nSPS) is 15.2. The van der Waals surface area contributed by atoms with Crippen LogP contribution in [0.4, 0.5) is 5.69 Å². The molecule has 1 fully saturated rings. The van der Waals surface area contributed by atoms with Crippen LogP contribution in [0.2, 0.25) is 0 Å². The van der Waals surface area contributed by atoms with Crippen LogP contribution in [0.3, 0.4) is 0 Å². The Hall–Kier alpha value is -2.75. The number of hydrogen-bond donors (Lipinski definition) is 2. The molecule has 2 amide bonds. The van der Waals surface area contributed by atoms with E-state index in [2.05, 4.69) is 43.0 Å². The average molecular weight is 501 g/mol. The number of nitrogens with one attached hydrogen (secondary N) is 2. The van der Waals surface area contributed by atoms with Crippen LogP contribution in [0.5, 0.6) is 0 Å². The molecule has 0 unspecified atom stereocenters. The van der Waals surface area contributed by atoms with Gasteiger partial charge in [0.2, 0.25) is 5.91 Å². The van der Waals surface area contributed by atoms with Crippen molar-refractivity contribution in [3.05, 3.63) is 63.0 Å². The monoisotopic (exact) mass is 501 g/mol. The zero-order chi connectivity index (χ0) is 21.0. The lowest BCUT2D eigenvalue weighted by atomic mass is 10.0. The molecular formula is C21H20IN5O2. The fraction of sp³-hybridized carbons (Fsp3) is 0.238. The second-order valence-electron chi connectivity index (χ2n) is 6.83. The third-order valence-electron chi connectivity index (χ3n) is 4.89. The van der Waals surface area contributed by atoms with Gasteiger partial charge in [0.15, 0.2) is 0 Å². The van der Waals surface area contributed by atoms with E-state index in [1.807, 2.05) is 43.3 Å². The maximum atomic E-state index is 12.7. The van der Waals surface area contributed by atoms with Gasteiger partial charge in [-0.25, -0.2) is 5.53 Å². The molecule has 1 saturated carbocycles. The molecule has 148 valence electrons. The number of nitrogens with zero attached hydrogens (tertiary/aromatic N) is 3. The number of allylic oxidation sites excluding steroid dienone is 1. The van der Waals surface area contributed by atoms with E-state index < -0.39 is 17.2 Å². The molecule has 1 heterocycles. The van der Waals surface area contributed by atoms with Crippen LogP contribution in [0, 0.1) is 21.4 Å². The summed E-state index contributed by atoms with van der Waals surface area (Å²) in [5.41, 5.74) is 9.98. The first-order valence-corrected chi connectivity index (χ1v) is 10.1. The van der Waals surface area contributed by atoms with E-state index >= 15 is 0 Å². The molecule has 0 aliphatic heterocycles. The number of carbonyl (C=O) groups is 2. The Bertz CT molecular complexity index is 1030. The summed E-state index contributed by atoms with van der Waals surface area (Å²) in [6.07, 6.45) is 8.16. The van der Waals surface area contributed by atoms with Crippen molar-refractivity contribution < 1.29 is 9.59 Å². The molecule has 29 heavy (non-hydrogen) atoms. The summed E-state index contributed by atoms with van der Waals surface area (Å²) in [5.74, 6) is -1.10. The second-order valence-corrected chi connectivity index (χ2v) is 7.99. The van der Waals surface area contributed by atoms with Crippen molar-refractivity contribution in [2.45, 2.75) is 19.8 Å². The summed E-state index contributed by atoms with van der Waals surface area (Å²) >= 11 is 2.15. The SMILES string of the molecule is CN=C(/C=C/c1cccnc1)c1cc(NC(=O)C2(C(=O)N=N)CC2)c(I)cc1C. The third kappa shape index (κ3) is 4.47. The van der Waals surface area contributed by atoms with Crippen molar-refractivity contribution in [1.29, 1.82) is 5.53 Å². The van der Waals surface area contributed by atoms with E-state index in [-0.39, 0.29) is 0 Å². The quantitative estimate of drug-likeness (QED) is 0.265. The Morgan fingerprint density at radius 2 is 2.10 bits per heavy atom. The minimum atomic E-state index is -1.18. The van der Waals surface area contributed by atoms with Gasteiger partial charge in [0.05, 0.1) is 11.4 Å². The molecule has 2 N–H and O–H groups in total. The number of aliphatic imine (C=N–C) groups is 1. The van der Waals surface area contributed by atoms with E-state index in [0.717, 1.165) is 26.0 Å². The summed E-state index contributed by atoms with van der Waals surface area (Å²) in [6, 6.07) is 7.64. The number of anilines is 1. The van der Waals surface area contributed by atoms with Crippen LogP contribution in [0.15, 0.2) is 52.8 Å². The lowest BCUT2D eigenvalue weighted by Gasteiger charge is -2.15. The molecule has 1 aliphatic carbocycles. The molecule has 3 rings (SSSR count). The van der Waals surface area contributed by atoms with Gasteiger partial charge < -0.3 is 5.32 Å². The number of hydrogen-bond acceptors (Lipinski definition) is 5. The summed E-state index contributed by atoms with van der Waals surface area (Å²) in [7, 11) is 1.71. The number of halogens is 1. The third-order valence-corrected chi connectivity index (χ3v) is 5.79. The summed E-state index contributed by atoms with van der Waals surface area (Å²) in [5, 5.41) is 5.80. The number of rotatable bonds is 6. The number of carbonyl (C=O) groups excluding carboxylic acids is 2. The van der Waals surface area contributed by atoms with E-state index in [9.17, 15) is 9.59 Å². The molecule has 1 aromatic carbocycles. The molecule has 8 heteroatoms. The predicted molar refractivity (Wildman–Crippen MR) is 120 cm³/mol. The number of amides is 2. The van der Waals surface area contributed by atoms with Crippen LogP contribution in [-0.4, -0.2) is 29.6 Å². The van der Waals surface area contributed by atoms with E-state index in [1.165, 1.54) is 0 Å². The number of aromatic nitrogens is 1. The molecule has 0 saturated heterocycles. The van der Waals surface area contributed by atoms with Gasteiger partial charge in [-0.05, 0) is 77.8 Å².